The summed E-state index contributed by atoms with van der Waals surface area (Å²) in [6.07, 6.45) is 5.86. The Kier molecular flexibility index (Phi) is 2.81. The molecule has 16 heavy (non-hydrogen) atoms. The lowest BCUT2D eigenvalue weighted by molar-refractivity contribution is 0.686. The van der Waals surface area contributed by atoms with E-state index in [2.05, 4.69) is 35.4 Å². The molecule has 0 aliphatic carbocycles. The van der Waals surface area contributed by atoms with Gasteiger partial charge in [0.2, 0.25) is 0 Å². The van der Waals surface area contributed by atoms with Gasteiger partial charge in [0.1, 0.15) is 0 Å². The van der Waals surface area contributed by atoms with Crippen molar-refractivity contribution in [2.75, 3.05) is 0 Å². The molecule has 0 radical (unpaired) electrons. The van der Waals surface area contributed by atoms with Crippen molar-refractivity contribution in [1.82, 2.24) is 19.3 Å². The summed E-state index contributed by atoms with van der Waals surface area (Å²) in [5, 5.41) is 4.18. The molecule has 0 amide bonds. The summed E-state index contributed by atoms with van der Waals surface area (Å²) >= 11 is 0. The molecule has 86 valence electrons. The molecule has 4 nitrogen and oxygen atoms in total. The van der Waals surface area contributed by atoms with Crippen LogP contribution in [0, 0.1) is 6.92 Å². The normalized spacial score (nSPS) is 11.3. The van der Waals surface area contributed by atoms with Crippen LogP contribution in [0.1, 0.15) is 36.7 Å². The lowest BCUT2D eigenvalue weighted by atomic mass is 10.1. The Morgan fingerprint density at radius 3 is 2.69 bits per heavy atom. The Morgan fingerprint density at radius 1 is 1.38 bits per heavy atom. The Bertz CT molecular complexity index is 479. The van der Waals surface area contributed by atoms with Gasteiger partial charge in [-0.15, -0.1) is 0 Å². The molecule has 0 atom stereocenters. The van der Waals surface area contributed by atoms with Crippen molar-refractivity contribution in [1.29, 1.82) is 0 Å². The fourth-order valence-corrected chi connectivity index (χ4v) is 2.12. The highest BCUT2D eigenvalue weighted by molar-refractivity contribution is 5.17. The molecule has 0 aromatic carbocycles. The van der Waals surface area contributed by atoms with Crippen molar-refractivity contribution in [3.8, 4) is 0 Å². The first-order chi connectivity index (χ1) is 7.58. The van der Waals surface area contributed by atoms with Crippen LogP contribution in [0.5, 0.6) is 0 Å². The van der Waals surface area contributed by atoms with E-state index in [9.17, 15) is 0 Å². The van der Waals surface area contributed by atoms with Crippen LogP contribution in [0.2, 0.25) is 0 Å². The van der Waals surface area contributed by atoms with Crippen LogP contribution >= 0.6 is 0 Å². The van der Waals surface area contributed by atoms with Crippen molar-refractivity contribution < 1.29 is 0 Å². The third kappa shape index (κ3) is 2.01. The summed E-state index contributed by atoms with van der Waals surface area (Å²) in [4.78, 5) is 4.38. The van der Waals surface area contributed by atoms with E-state index in [1.807, 2.05) is 30.5 Å². The summed E-state index contributed by atoms with van der Waals surface area (Å²) in [6.45, 7) is 7.31. The van der Waals surface area contributed by atoms with Crippen LogP contribution in [-0.4, -0.2) is 19.3 Å². The molecule has 0 aliphatic heterocycles. The van der Waals surface area contributed by atoms with Crippen molar-refractivity contribution in [3.05, 3.63) is 35.7 Å². The SMILES string of the molecule is Cc1ncn(Cc2cnn(C)c2)c1C(C)C. The lowest BCUT2D eigenvalue weighted by Gasteiger charge is -2.10. The number of hydrogen-bond donors (Lipinski definition) is 0. The molecule has 2 rings (SSSR count). The zero-order valence-electron chi connectivity index (χ0n) is 10.3. The molecule has 0 unspecified atom stereocenters. The Hall–Kier alpha value is -1.58. The number of hydrogen-bond acceptors (Lipinski definition) is 2. The largest absolute Gasteiger partial charge is 0.330 e. The van der Waals surface area contributed by atoms with Crippen molar-refractivity contribution >= 4 is 0 Å². The van der Waals surface area contributed by atoms with E-state index in [-0.39, 0.29) is 0 Å². The van der Waals surface area contributed by atoms with E-state index >= 15 is 0 Å². The Morgan fingerprint density at radius 2 is 2.12 bits per heavy atom. The van der Waals surface area contributed by atoms with E-state index in [0.717, 1.165) is 12.2 Å². The molecule has 0 saturated heterocycles. The number of nitrogens with zero attached hydrogens (tertiary/aromatic N) is 4. The Balaban J connectivity index is 2.28. The summed E-state index contributed by atoms with van der Waals surface area (Å²) in [7, 11) is 1.94. The first kappa shape index (κ1) is 10.9. The number of aromatic nitrogens is 4. The second-order valence-electron chi connectivity index (χ2n) is 4.52. The van der Waals surface area contributed by atoms with Gasteiger partial charge >= 0.3 is 0 Å². The maximum Gasteiger partial charge on any atom is 0.0954 e. The lowest BCUT2D eigenvalue weighted by Crippen LogP contribution is -2.05. The molecular weight excluding hydrogens is 200 g/mol. The van der Waals surface area contributed by atoms with E-state index in [1.54, 1.807) is 0 Å². The topological polar surface area (TPSA) is 35.6 Å². The van der Waals surface area contributed by atoms with Crippen LogP contribution in [0.15, 0.2) is 18.7 Å². The third-order valence-electron chi connectivity index (χ3n) is 2.73. The highest BCUT2D eigenvalue weighted by Crippen LogP contribution is 2.19. The first-order valence-corrected chi connectivity index (χ1v) is 5.57. The molecule has 0 aliphatic rings. The second kappa shape index (κ2) is 4.12. The minimum Gasteiger partial charge on any atom is -0.330 e. The fourth-order valence-electron chi connectivity index (χ4n) is 2.12. The van der Waals surface area contributed by atoms with Crippen LogP contribution in [0.25, 0.3) is 0 Å². The van der Waals surface area contributed by atoms with Gasteiger partial charge < -0.3 is 4.57 Å². The second-order valence-corrected chi connectivity index (χ2v) is 4.52. The molecule has 2 aromatic rings. The van der Waals surface area contributed by atoms with Gasteiger partial charge in [0, 0.05) is 24.5 Å². The zero-order chi connectivity index (χ0) is 11.7. The minimum absolute atomic E-state index is 0.499. The van der Waals surface area contributed by atoms with E-state index < -0.39 is 0 Å². The standard InChI is InChI=1S/C12H18N4/c1-9(2)12-10(3)13-8-16(12)7-11-5-14-15(4)6-11/h5-6,8-9H,7H2,1-4H3. The smallest absolute Gasteiger partial charge is 0.0954 e. The zero-order valence-corrected chi connectivity index (χ0v) is 10.3. The van der Waals surface area contributed by atoms with E-state index in [4.69, 9.17) is 0 Å². The molecule has 0 spiro atoms. The van der Waals surface area contributed by atoms with E-state index in [0.29, 0.717) is 5.92 Å². The van der Waals surface area contributed by atoms with Gasteiger partial charge in [0.25, 0.3) is 0 Å². The summed E-state index contributed by atoms with van der Waals surface area (Å²) in [6, 6.07) is 0. The average Bonchev–Trinajstić information content (AvgIpc) is 2.74. The van der Waals surface area contributed by atoms with Crippen LogP contribution < -0.4 is 0 Å². The fraction of sp³-hybridized carbons (Fsp3) is 0.500. The van der Waals surface area contributed by atoms with Crippen molar-refractivity contribution in [2.24, 2.45) is 7.05 Å². The predicted octanol–water partition coefficient (Wildman–Crippen LogP) is 2.10. The molecule has 0 bridgehead atoms. The van der Waals surface area contributed by atoms with Crippen LogP contribution in [-0.2, 0) is 13.6 Å². The average molecular weight is 218 g/mol. The van der Waals surface area contributed by atoms with Gasteiger partial charge in [-0.3, -0.25) is 4.68 Å². The summed E-state index contributed by atoms with van der Waals surface area (Å²) in [5.41, 5.74) is 3.64. The molecule has 0 saturated carbocycles. The summed E-state index contributed by atoms with van der Waals surface area (Å²) < 4.78 is 4.03. The summed E-state index contributed by atoms with van der Waals surface area (Å²) in [5.74, 6) is 0.499. The first-order valence-electron chi connectivity index (χ1n) is 5.57. The highest BCUT2D eigenvalue weighted by Gasteiger charge is 2.11. The maximum absolute atomic E-state index is 4.38. The number of aryl methyl sites for hydroxylation is 2. The van der Waals surface area contributed by atoms with Gasteiger partial charge in [-0.2, -0.15) is 5.10 Å². The van der Waals surface area contributed by atoms with Crippen LogP contribution in [0.4, 0.5) is 0 Å². The highest BCUT2D eigenvalue weighted by atomic mass is 15.2. The molecule has 2 heterocycles. The molecular formula is C12H18N4. The van der Waals surface area contributed by atoms with Crippen LogP contribution in [0.3, 0.4) is 0 Å². The number of imidazole rings is 1. The van der Waals surface area contributed by atoms with Gasteiger partial charge in [0.15, 0.2) is 0 Å². The van der Waals surface area contributed by atoms with Gasteiger partial charge in [-0.1, -0.05) is 13.8 Å². The Labute approximate surface area is 95.9 Å². The monoisotopic (exact) mass is 218 g/mol. The molecule has 2 aromatic heterocycles. The van der Waals surface area contributed by atoms with Gasteiger partial charge in [0.05, 0.1) is 24.8 Å². The maximum atomic E-state index is 4.38. The number of rotatable bonds is 3. The van der Waals surface area contributed by atoms with Gasteiger partial charge in [-0.05, 0) is 12.8 Å². The molecule has 0 fully saturated rings. The van der Waals surface area contributed by atoms with Crippen molar-refractivity contribution in [3.63, 3.8) is 0 Å². The minimum atomic E-state index is 0.499. The molecule has 4 heteroatoms. The predicted molar refractivity (Wildman–Crippen MR) is 63.4 cm³/mol. The van der Waals surface area contributed by atoms with Gasteiger partial charge in [-0.25, -0.2) is 4.98 Å². The quantitative estimate of drug-likeness (QED) is 0.791. The van der Waals surface area contributed by atoms with E-state index in [1.165, 1.54) is 11.3 Å². The van der Waals surface area contributed by atoms with Crippen molar-refractivity contribution in [2.45, 2.75) is 33.2 Å². The third-order valence-corrected chi connectivity index (χ3v) is 2.73. The molecule has 0 N–H and O–H groups in total.